The van der Waals surface area contributed by atoms with Crippen molar-refractivity contribution in [2.45, 2.75) is 44.0 Å². The van der Waals surface area contributed by atoms with Gasteiger partial charge in [-0.3, -0.25) is 9.48 Å². The molecule has 24 heavy (non-hydrogen) atoms. The largest absolute Gasteiger partial charge is 0.481 e. The molecular weight excluding hydrogens is 334 g/mol. The summed E-state index contributed by atoms with van der Waals surface area (Å²) >= 11 is 0. The fraction of sp³-hybridized carbons (Fsp3) is 0.733. The SMILES string of the molecule is CC(C)CC(CNS(=O)(=O)c1cnn(C2CCOCC2)c1)C(=O)O. The van der Waals surface area contributed by atoms with Gasteiger partial charge in [-0.2, -0.15) is 5.10 Å². The molecule has 8 nitrogen and oxygen atoms in total. The van der Waals surface area contributed by atoms with Gasteiger partial charge in [0.25, 0.3) is 0 Å². The zero-order chi connectivity index (χ0) is 17.7. The number of aliphatic carboxylic acids is 1. The number of nitrogens with zero attached hydrogens (tertiary/aromatic N) is 2. The van der Waals surface area contributed by atoms with Crippen LogP contribution in [0, 0.1) is 11.8 Å². The van der Waals surface area contributed by atoms with E-state index in [1.807, 2.05) is 13.8 Å². The normalized spacial score (nSPS) is 18.0. The van der Waals surface area contributed by atoms with E-state index in [1.165, 1.54) is 12.4 Å². The number of ether oxygens (including phenoxy) is 1. The minimum absolute atomic E-state index is 0.0580. The number of sulfonamides is 1. The van der Waals surface area contributed by atoms with Crippen LogP contribution in [0.2, 0.25) is 0 Å². The van der Waals surface area contributed by atoms with Gasteiger partial charge >= 0.3 is 5.97 Å². The van der Waals surface area contributed by atoms with Crippen molar-refractivity contribution in [2.24, 2.45) is 11.8 Å². The van der Waals surface area contributed by atoms with Crippen LogP contribution < -0.4 is 4.72 Å². The third kappa shape index (κ3) is 5.02. The van der Waals surface area contributed by atoms with Gasteiger partial charge in [0.1, 0.15) is 4.90 Å². The molecular formula is C15H25N3O5S. The summed E-state index contributed by atoms with van der Waals surface area (Å²) in [5.41, 5.74) is 0. The lowest BCUT2D eigenvalue weighted by Gasteiger charge is -2.22. The van der Waals surface area contributed by atoms with E-state index in [2.05, 4.69) is 9.82 Å². The molecule has 1 aromatic rings. The quantitative estimate of drug-likeness (QED) is 0.723. The van der Waals surface area contributed by atoms with E-state index in [9.17, 15) is 18.3 Å². The van der Waals surface area contributed by atoms with Gasteiger partial charge in [0.2, 0.25) is 10.0 Å². The van der Waals surface area contributed by atoms with Crippen LogP contribution in [0.3, 0.4) is 0 Å². The van der Waals surface area contributed by atoms with Crippen molar-refractivity contribution in [1.29, 1.82) is 0 Å². The van der Waals surface area contributed by atoms with Gasteiger partial charge in [-0.15, -0.1) is 0 Å². The van der Waals surface area contributed by atoms with Crippen molar-refractivity contribution in [3.05, 3.63) is 12.4 Å². The number of rotatable bonds is 8. The molecule has 2 heterocycles. The smallest absolute Gasteiger partial charge is 0.307 e. The molecule has 2 N–H and O–H groups in total. The van der Waals surface area contributed by atoms with Crippen LogP contribution in [0.15, 0.2) is 17.3 Å². The Kier molecular flexibility index (Phi) is 6.36. The van der Waals surface area contributed by atoms with Gasteiger partial charge in [-0.25, -0.2) is 13.1 Å². The van der Waals surface area contributed by atoms with Gasteiger partial charge in [0.15, 0.2) is 0 Å². The maximum absolute atomic E-state index is 12.4. The number of aromatic nitrogens is 2. The Bertz CT molecular complexity index is 650. The molecule has 0 radical (unpaired) electrons. The Morgan fingerprint density at radius 1 is 1.46 bits per heavy atom. The van der Waals surface area contributed by atoms with E-state index in [1.54, 1.807) is 4.68 Å². The highest BCUT2D eigenvalue weighted by Crippen LogP contribution is 2.21. The topological polar surface area (TPSA) is 111 Å². The van der Waals surface area contributed by atoms with E-state index in [0.717, 1.165) is 12.8 Å². The van der Waals surface area contributed by atoms with Gasteiger partial charge in [-0.05, 0) is 25.2 Å². The molecule has 9 heteroatoms. The molecule has 136 valence electrons. The maximum atomic E-state index is 12.4. The van der Waals surface area contributed by atoms with Gasteiger partial charge in [0, 0.05) is 26.0 Å². The zero-order valence-corrected chi connectivity index (χ0v) is 14.8. The van der Waals surface area contributed by atoms with Crippen molar-refractivity contribution in [3.8, 4) is 0 Å². The molecule has 1 aliphatic rings. The standard InChI is InChI=1S/C15H25N3O5S/c1-11(2)7-12(15(19)20)8-17-24(21,22)14-9-16-18(10-14)13-3-5-23-6-4-13/h9-13,17H,3-8H2,1-2H3,(H,19,20). The first kappa shape index (κ1) is 18.9. The fourth-order valence-electron chi connectivity index (χ4n) is 2.74. The molecule has 1 aromatic heterocycles. The predicted molar refractivity (Wildman–Crippen MR) is 87.1 cm³/mol. The lowest BCUT2D eigenvalue weighted by Crippen LogP contribution is -2.33. The minimum atomic E-state index is -3.77. The van der Waals surface area contributed by atoms with Crippen LogP contribution >= 0.6 is 0 Å². The Hall–Kier alpha value is -1.45. The Balaban J connectivity index is 2.01. The van der Waals surface area contributed by atoms with Crippen molar-refractivity contribution in [1.82, 2.24) is 14.5 Å². The molecule has 1 unspecified atom stereocenters. The van der Waals surface area contributed by atoms with E-state index >= 15 is 0 Å². The first-order valence-corrected chi connectivity index (χ1v) is 9.62. The summed E-state index contributed by atoms with van der Waals surface area (Å²) in [4.78, 5) is 11.3. The third-order valence-electron chi connectivity index (χ3n) is 4.08. The van der Waals surface area contributed by atoms with Crippen LogP contribution in [0.4, 0.5) is 0 Å². The molecule has 0 amide bonds. The van der Waals surface area contributed by atoms with E-state index < -0.39 is 21.9 Å². The van der Waals surface area contributed by atoms with E-state index in [-0.39, 0.29) is 23.4 Å². The molecule has 1 saturated heterocycles. The van der Waals surface area contributed by atoms with E-state index in [0.29, 0.717) is 19.6 Å². The minimum Gasteiger partial charge on any atom is -0.481 e. The summed E-state index contributed by atoms with van der Waals surface area (Å²) in [7, 11) is -3.77. The highest BCUT2D eigenvalue weighted by molar-refractivity contribution is 7.89. The first-order chi connectivity index (χ1) is 11.3. The lowest BCUT2D eigenvalue weighted by atomic mass is 9.98. The summed E-state index contributed by atoms with van der Waals surface area (Å²) in [5.74, 6) is -1.57. The van der Waals surface area contributed by atoms with Gasteiger partial charge < -0.3 is 9.84 Å². The zero-order valence-electron chi connectivity index (χ0n) is 14.0. The average Bonchev–Trinajstić information content (AvgIpc) is 3.02. The van der Waals surface area contributed by atoms with Crippen LogP contribution in [0.1, 0.15) is 39.2 Å². The second-order valence-corrected chi connectivity index (χ2v) is 8.28. The molecule has 0 spiro atoms. The predicted octanol–water partition coefficient (Wildman–Crippen LogP) is 1.26. The van der Waals surface area contributed by atoms with Crippen molar-refractivity contribution < 1.29 is 23.1 Å². The molecule has 1 fully saturated rings. The number of nitrogens with one attached hydrogen (secondary N) is 1. The van der Waals surface area contributed by atoms with Crippen LogP contribution in [-0.2, 0) is 19.6 Å². The van der Waals surface area contributed by atoms with Crippen molar-refractivity contribution in [2.75, 3.05) is 19.8 Å². The van der Waals surface area contributed by atoms with Crippen LogP contribution in [0.25, 0.3) is 0 Å². The summed E-state index contributed by atoms with van der Waals surface area (Å²) < 4.78 is 34.0. The number of carboxylic acids is 1. The van der Waals surface area contributed by atoms with Gasteiger partial charge in [0.05, 0.1) is 18.2 Å². The number of carbonyl (C=O) groups is 1. The van der Waals surface area contributed by atoms with Gasteiger partial charge in [-0.1, -0.05) is 13.8 Å². The molecule has 0 bridgehead atoms. The molecule has 0 saturated carbocycles. The maximum Gasteiger partial charge on any atom is 0.307 e. The van der Waals surface area contributed by atoms with Crippen molar-refractivity contribution in [3.63, 3.8) is 0 Å². The van der Waals surface area contributed by atoms with Crippen LogP contribution in [-0.4, -0.2) is 49.0 Å². The van der Waals surface area contributed by atoms with Crippen LogP contribution in [0.5, 0.6) is 0 Å². The molecule has 1 atom stereocenters. The second-order valence-electron chi connectivity index (χ2n) is 6.52. The van der Waals surface area contributed by atoms with E-state index in [4.69, 9.17) is 4.74 Å². The Morgan fingerprint density at radius 2 is 2.12 bits per heavy atom. The number of hydrogen-bond acceptors (Lipinski definition) is 5. The summed E-state index contributed by atoms with van der Waals surface area (Å²) in [6.07, 6.45) is 4.81. The second kappa shape index (κ2) is 8.09. The molecule has 0 aromatic carbocycles. The Labute approximate surface area is 142 Å². The molecule has 2 rings (SSSR count). The Morgan fingerprint density at radius 3 is 2.71 bits per heavy atom. The number of carboxylic acid groups (broad SMARTS) is 1. The molecule has 1 aliphatic heterocycles. The highest BCUT2D eigenvalue weighted by atomic mass is 32.2. The fourth-order valence-corrected chi connectivity index (χ4v) is 3.76. The van der Waals surface area contributed by atoms with Crippen molar-refractivity contribution >= 4 is 16.0 Å². The summed E-state index contributed by atoms with van der Waals surface area (Å²) in [6.45, 7) is 4.96. The summed E-state index contributed by atoms with van der Waals surface area (Å²) in [5, 5.41) is 13.3. The number of hydrogen-bond donors (Lipinski definition) is 2. The third-order valence-corrected chi connectivity index (χ3v) is 5.46. The monoisotopic (exact) mass is 359 g/mol. The lowest BCUT2D eigenvalue weighted by molar-refractivity contribution is -0.142. The highest BCUT2D eigenvalue weighted by Gasteiger charge is 2.25. The molecule has 0 aliphatic carbocycles. The average molecular weight is 359 g/mol. The first-order valence-electron chi connectivity index (χ1n) is 8.14. The summed E-state index contributed by atoms with van der Waals surface area (Å²) in [6, 6.07) is 0.135.